The molecule has 1 fully saturated rings. The van der Waals surface area contributed by atoms with Gasteiger partial charge in [-0.3, -0.25) is 9.69 Å². The second-order valence-electron chi connectivity index (χ2n) is 5.69. The lowest BCUT2D eigenvalue weighted by Crippen LogP contribution is -2.37. The third-order valence-corrected chi connectivity index (χ3v) is 3.97. The van der Waals surface area contributed by atoms with Crippen molar-refractivity contribution in [3.63, 3.8) is 0 Å². The van der Waals surface area contributed by atoms with Crippen LogP contribution in [0.5, 0.6) is 0 Å². The van der Waals surface area contributed by atoms with E-state index in [-0.39, 0.29) is 12.5 Å². The van der Waals surface area contributed by atoms with Crippen LogP contribution in [0.1, 0.15) is 24.8 Å². The summed E-state index contributed by atoms with van der Waals surface area (Å²) in [6.07, 6.45) is 0.990. The number of nitrogens with one attached hydrogen (secondary N) is 1. The number of hydrogen-bond acceptors (Lipinski definition) is 3. The molecule has 20 heavy (non-hydrogen) atoms. The van der Waals surface area contributed by atoms with E-state index in [0.717, 1.165) is 19.5 Å². The molecule has 1 aliphatic rings. The van der Waals surface area contributed by atoms with Crippen LogP contribution in [0.25, 0.3) is 0 Å². The third kappa shape index (κ3) is 4.32. The Hall–Kier alpha value is -1.39. The molecule has 1 aromatic rings. The molecule has 1 heterocycles. The predicted molar refractivity (Wildman–Crippen MR) is 79.5 cm³/mol. The molecule has 0 saturated carbocycles. The minimum absolute atomic E-state index is 0.0753. The number of carbonyl (C=O) groups is 1. The number of likely N-dealkylation sites (tertiary alicyclic amines) is 1. The van der Waals surface area contributed by atoms with Gasteiger partial charge in [0.05, 0.1) is 6.54 Å². The van der Waals surface area contributed by atoms with Gasteiger partial charge in [-0.05, 0) is 30.4 Å². The zero-order valence-corrected chi connectivity index (χ0v) is 12.1. The van der Waals surface area contributed by atoms with E-state index in [0.29, 0.717) is 24.9 Å². The zero-order valence-electron chi connectivity index (χ0n) is 12.1. The number of carbonyl (C=O) groups excluding carboxylic acids is 1. The number of rotatable bonds is 6. The Morgan fingerprint density at radius 1 is 1.45 bits per heavy atom. The van der Waals surface area contributed by atoms with Gasteiger partial charge in [0.1, 0.15) is 0 Å². The van der Waals surface area contributed by atoms with Crippen molar-refractivity contribution >= 4 is 5.91 Å². The van der Waals surface area contributed by atoms with Crippen LogP contribution in [0.3, 0.4) is 0 Å². The fraction of sp³-hybridized carbons (Fsp3) is 0.562. The number of aliphatic hydroxyl groups excluding tert-OH is 1. The number of nitrogens with zero attached hydrogens (tertiary/aromatic N) is 1. The molecule has 1 saturated heterocycles. The van der Waals surface area contributed by atoms with Gasteiger partial charge in [-0.25, -0.2) is 0 Å². The molecule has 0 bridgehead atoms. The average Bonchev–Trinajstić information content (AvgIpc) is 2.93. The van der Waals surface area contributed by atoms with Gasteiger partial charge in [0.2, 0.25) is 5.91 Å². The molecule has 4 heteroatoms. The zero-order chi connectivity index (χ0) is 14.4. The van der Waals surface area contributed by atoms with Crippen molar-refractivity contribution in [3.05, 3.63) is 35.9 Å². The Labute approximate surface area is 120 Å². The maximum Gasteiger partial charge on any atom is 0.234 e. The van der Waals surface area contributed by atoms with E-state index >= 15 is 0 Å². The maximum absolute atomic E-state index is 11.9. The van der Waals surface area contributed by atoms with E-state index in [4.69, 9.17) is 5.11 Å². The third-order valence-electron chi connectivity index (χ3n) is 3.97. The van der Waals surface area contributed by atoms with E-state index in [9.17, 15) is 4.79 Å². The van der Waals surface area contributed by atoms with Crippen molar-refractivity contribution in [1.29, 1.82) is 0 Å². The van der Waals surface area contributed by atoms with E-state index < -0.39 is 0 Å². The monoisotopic (exact) mass is 276 g/mol. The molecule has 2 atom stereocenters. The average molecular weight is 276 g/mol. The molecule has 1 aliphatic heterocycles. The summed E-state index contributed by atoms with van der Waals surface area (Å²) in [5.41, 5.74) is 1.24. The molecule has 2 rings (SSSR count). The Balaban J connectivity index is 1.70. The SMILES string of the molecule is CC(CNC(=O)CN1CCC(CO)C1)c1ccccc1. The highest BCUT2D eigenvalue weighted by atomic mass is 16.3. The van der Waals surface area contributed by atoms with Crippen LogP contribution in [0.4, 0.5) is 0 Å². The lowest BCUT2D eigenvalue weighted by Gasteiger charge is -2.17. The minimum atomic E-state index is 0.0753. The normalized spacial score (nSPS) is 20.8. The van der Waals surface area contributed by atoms with Gasteiger partial charge in [-0.15, -0.1) is 0 Å². The molecule has 0 aromatic heterocycles. The summed E-state index contributed by atoms with van der Waals surface area (Å²) in [6, 6.07) is 10.2. The highest BCUT2D eigenvalue weighted by molar-refractivity contribution is 5.78. The van der Waals surface area contributed by atoms with E-state index in [2.05, 4.69) is 29.3 Å². The summed E-state index contributed by atoms with van der Waals surface area (Å²) in [5, 5.41) is 12.1. The summed E-state index contributed by atoms with van der Waals surface area (Å²) in [4.78, 5) is 14.0. The van der Waals surface area contributed by atoms with Gasteiger partial charge >= 0.3 is 0 Å². The first-order chi connectivity index (χ1) is 9.69. The molecule has 4 nitrogen and oxygen atoms in total. The summed E-state index contributed by atoms with van der Waals surface area (Å²) in [5.74, 6) is 0.737. The van der Waals surface area contributed by atoms with Crippen molar-refractivity contribution in [2.24, 2.45) is 5.92 Å². The van der Waals surface area contributed by atoms with Crippen LogP contribution in [-0.2, 0) is 4.79 Å². The molecule has 0 aliphatic carbocycles. The highest BCUT2D eigenvalue weighted by Gasteiger charge is 2.23. The molecule has 2 unspecified atom stereocenters. The Bertz CT molecular complexity index is 422. The highest BCUT2D eigenvalue weighted by Crippen LogP contribution is 2.15. The topological polar surface area (TPSA) is 52.6 Å². The van der Waals surface area contributed by atoms with Crippen LogP contribution in [-0.4, -0.2) is 48.7 Å². The molecule has 1 amide bonds. The fourth-order valence-corrected chi connectivity index (χ4v) is 2.63. The standard InChI is InChI=1S/C16H24N2O2/c1-13(15-5-3-2-4-6-15)9-17-16(20)11-18-8-7-14(10-18)12-19/h2-6,13-14,19H,7-12H2,1H3,(H,17,20). The Morgan fingerprint density at radius 3 is 2.85 bits per heavy atom. The number of aliphatic hydroxyl groups is 1. The molecular formula is C16H24N2O2. The first kappa shape index (κ1) is 15.0. The van der Waals surface area contributed by atoms with Crippen LogP contribution >= 0.6 is 0 Å². The smallest absolute Gasteiger partial charge is 0.234 e. The first-order valence-electron chi connectivity index (χ1n) is 7.34. The van der Waals surface area contributed by atoms with Crippen LogP contribution < -0.4 is 5.32 Å². The second-order valence-corrected chi connectivity index (χ2v) is 5.69. The van der Waals surface area contributed by atoms with Crippen molar-refractivity contribution in [3.8, 4) is 0 Å². The second kappa shape index (κ2) is 7.41. The van der Waals surface area contributed by atoms with Crippen LogP contribution in [0, 0.1) is 5.92 Å². The molecule has 0 radical (unpaired) electrons. The van der Waals surface area contributed by atoms with Gasteiger partial charge in [0, 0.05) is 19.7 Å². The maximum atomic E-state index is 11.9. The molecular weight excluding hydrogens is 252 g/mol. The number of benzene rings is 1. The molecule has 1 aromatic carbocycles. The van der Waals surface area contributed by atoms with Gasteiger partial charge in [0.25, 0.3) is 0 Å². The molecule has 2 N–H and O–H groups in total. The van der Waals surface area contributed by atoms with Crippen LogP contribution in [0.2, 0.25) is 0 Å². The van der Waals surface area contributed by atoms with E-state index in [1.54, 1.807) is 0 Å². The largest absolute Gasteiger partial charge is 0.396 e. The number of hydrogen-bond donors (Lipinski definition) is 2. The van der Waals surface area contributed by atoms with E-state index in [1.807, 2.05) is 18.2 Å². The quantitative estimate of drug-likeness (QED) is 0.821. The van der Waals surface area contributed by atoms with Crippen molar-refractivity contribution in [1.82, 2.24) is 10.2 Å². The van der Waals surface area contributed by atoms with Gasteiger partial charge < -0.3 is 10.4 Å². The summed E-state index contributed by atoms with van der Waals surface area (Å²) in [6.45, 7) is 5.19. The lowest BCUT2D eigenvalue weighted by molar-refractivity contribution is -0.122. The van der Waals surface area contributed by atoms with Gasteiger partial charge in [0.15, 0.2) is 0 Å². The van der Waals surface area contributed by atoms with Crippen molar-refractivity contribution in [2.45, 2.75) is 19.3 Å². The Morgan fingerprint density at radius 2 is 2.20 bits per heavy atom. The minimum Gasteiger partial charge on any atom is -0.396 e. The lowest BCUT2D eigenvalue weighted by atomic mass is 10.0. The molecule has 110 valence electrons. The van der Waals surface area contributed by atoms with Crippen LogP contribution in [0.15, 0.2) is 30.3 Å². The van der Waals surface area contributed by atoms with Crippen molar-refractivity contribution < 1.29 is 9.90 Å². The fourth-order valence-electron chi connectivity index (χ4n) is 2.63. The Kier molecular flexibility index (Phi) is 5.56. The van der Waals surface area contributed by atoms with E-state index in [1.165, 1.54) is 5.56 Å². The molecule has 0 spiro atoms. The number of amides is 1. The van der Waals surface area contributed by atoms with Gasteiger partial charge in [-0.1, -0.05) is 37.3 Å². The van der Waals surface area contributed by atoms with Crippen molar-refractivity contribution in [2.75, 3.05) is 32.8 Å². The summed E-state index contributed by atoms with van der Waals surface area (Å²) in [7, 11) is 0. The first-order valence-corrected chi connectivity index (χ1v) is 7.34. The predicted octanol–water partition coefficient (Wildman–Crippen LogP) is 1.22. The van der Waals surface area contributed by atoms with Gasteiger partial charge in [-0.2, -0.15) is 0 Å². The summed E-state index contributed by atoms with van der Waals surface area (Å²) < 4.78 is 0. The summed E-state index contributed by atoms with van der Waals surface area (Å²) >= 11 is 0.